The van der Waals surface area contributed by atoms with Gasteiger partial charge in [-0.25, -0.2) is 4.79 Å². The minimum Gasteiger partial charge on any atom is -0.494 e. The second-order valence-corrected chi connectivity index (χ2v) is 5.21. The lowest BCUT2D eigenvalue weighted by Gasteiger charge is -2.02. The minimum absolute atomic E-state index is 0.0331. The second-order valence-electron chi connectivity index (χ2n) is 3.49. The maximum atomic E-state index is 11.6. The van der Waals surface area contributed by atoms with E-state index in [1.807, 2.05) is 0 Å². The molecule has 2 aromatic rings. The van der Waals surface area contributed by atoms with E-state index in [1.54, 1.807) is 24.3 Å². The van der Waals surface area contributed by atoms with Crippen molar-refractivity contribution in [2.75, 3.05) is 7.11 Å². The molecule has 1 heterocycles. The van der Waals surface area contributed by atoms with E-state index in [-0.39, 0.29) is 5.88 Å². The summed E-state index contributed by atoms with van der Waals surface area (Å²) >= 11 is 6.10. The zero-order valence-electron chi connectivity index (χ0n) is 9.91. The Morgan fingerprint density at radius 2 is 2.26 bits per heavy atom. The van der Waals surface area contributed by atoms with Gasteiger partial charge in [0.15, 0.2) is 3.95 Å². The molecule has 5 nitrogen and oxygen atoms in total. The van der Waals surface area contributed by atoms with Crippen molar-refractivity contribution in [2.24, 2.45) is 4.99 Å². The number of H-pyrrole nitrogens is 1. The number of aromatic amines is 1. The maximum absolute atomic E-state index is 11.6. The molecule has 0 amide bonds. The number of aromatic hydroxyl groups is 1. The van der Waals surface area contributed by atoms with Gasteiger partial charge in [0, 0.05) is 0 Å². The van der Waals surface area contributed by atoms with Crippen LogP contribution in [-0.2, 0) is 4.74 Å². The third-order valence-corrected chi connectivity index (χ3v) is 3.44. The number of rotatable bonds is 3. The normalized spacial score (nSPS) is 10.8. The molecule has 19 heavy (non-hydrogen) atoms. The molecule has 0 aliphatic heterocycles. The predicted octanol–water partition coefficient (Wildman–Crippen LogP) is 3.05. The van der Waals surface area contributed by atoms with Crippen molar-refractivity contribution in [3.05, 3.63) is 38.7 Å². The molecule has 7 heteroatoms. The van der Waals surface area contributed by atoms with E-state index >= 15 is 0 Å². The summed E-state index contributed by atoms with van der Waals surface area (Å²) in [6.45, 7) is 0. The van der Waals surface area contributed by atoms with Crippen molar-refractivity contribution in [1.29, 1.82) is 0 Å². The summed E-state index contributed by atoms with van der Waals surface area (Å²) in [4.78, 5) is 18.8. The first-order valence-electron chi connectivity index (χ1n) is 5.25. The zero-order chi connectivity index (χ0) is 13.8. The van der Waals surface area contributed by atoms with Crippen LogP contribution in [0.15, 0.2) is 29.3 Å². The Kier molecular flexibility index (Phi) is 4.08. The van der Waals surface area contributed by atoms with Gasteiger partial charge in [-0.05, 0) is 24.4 Å². The van der Waals surface area contributed by atoms with Crippen LogP contribution >= 0.6 is 23.6 Å². The van der Waals surface area contributed by atoms with Crippen LogP contribution in [0.5, 0.6) is 5.88 Å². The molecule has 98 valence electrons. The van der Waals surface area contributed by atoms with Gasteiger partial charge in [0.25, 0.3) is 0 Å². The molecule has 0 aliphatic carbocycles. The predicted molar refractivity (Wildman–Crippen MR) is 76.2 cm³/mol. The number of carbonyl (C=O) groups excluding carboxylic acids is 1. The highest BCUT2D eigenvalue weighted by Gasteiger charge is 2.10. The summed E-state index contributed by atoms with van der Waals surface area (Å²) in [7, 11) is 1.31. The molecular weight excluding hydrogens is 284 g/mol. The highest BCUT2D eigenvalue weighted by Crippen LogP contribution is 2.23. The van der Waals surface area contributed by atoms with Crippen molar-refractivity contribution >= 4 is 41.4 Å². The standard InChI is InChI=1S/C12H10N2O3S2/c1-17-11(16)7-4-2-3-5-8(7)13-6-9-10(15)14-12(18)19-9/h2-6,15H,1H3,(H,14,18). The van der Waals surface area contributed by atoms with Gasteiger partial charge in [-0.15, -0.1) is 0 Å². The number of benzene rings is 1. The summed E-state index contributed by atoms with van der Waals surface area (Å²) in [5.74, 6) is -0.493. The highest BCUT2D eigenvalue weighted by atomic mass is 32.1. The summed E-state index contributed by atoms with van der Waals surface area (Å²) in [6, 6.07) is 6.80. The number of carbonyl (C=O) groups is 1. The van der Waals surface area contributed by atoms with Gasteiger partial charge in [-0.1, -0.05) is 23.5 Å². The summed E-state index contributed by atoms with van der Waals surface area (Å²) < 4.78 is 5.13. The van der Waals surface area contributed by atoms with E-state index in [4.69, 9.17) is 12.2 Å². The van der Waals surface area contributed by atoms with Gasteiger partial charge in [0.2, 0.25) is 5.88 Å². The Labute approximate surface area is 118 Å². The van der Waals surface area contributed by atoms with Gasteiger partial charge >= 0.3 is 5.97 Å². The summed E-state index contributed by atoms with van der Waals surface area (Å²) in [6.07, 6.45) is 1.45. The van der Waals surface area contributed by atoms with Crippen molar-refractivity contribution < 1.29 is 14.6 Å². The average Bonchev–Trinajstić information content (AvgIpc) is 2.74. The maximum Gasteiger partial charge on any atom is 0.340 e. The fraction of sp³-hybridized carbons (Fsp3) is 0.0833. The van der Waals surface area contributed by atoms with Gasteiger partial charge in [-0.3, -0.25) is 4.99 Å². The molecule has 0 spiro atoms. The number of ether oxygens (including phenoxy) is 1. The lowest BCUT2D eigenvalue weighted by atomic mass is 10.2. The van der Waals surface area contributed by atoms with Crippen molar-refractivity contribution in [1.82, 2.24) is 4.98 Å². The minimum atomic E-state index is -0.460. The molecule has 0 atom stereocenters. The fourth-order valence-corrected chi connectivity index (χ4v) is 2.38. The number of esters is 1. The average molecular weight is 294 g/mol. The van der Waals surface area contributed by atoms with E-state index in [2.05, 4.69) is 14.7 Å². The number of thiazole rings is 1. The second kappa shape index (κ2) is 5.77. The molecule has 0 saturated heterocycles. The topological polar surface area (TPSA) is 74.7 Å². The molecular formula is C12H10N2O3S2. The van der Waals surface area contributed by atoms with Crippen LogP contribution < -0.4 is 0 Å². The molecule has 0 fully saturated rings. The van der Waals surface area contributed by atoms with E-state index in [0.29, 0.717) is 20.1 Å². The third-order valence-electron chi connectivity index (χ3n) is 2.29. The van der Waals surface area contributed by atoms with Gasteiger partial charge in [-0.2, -0.15) is 0 Å². The quantitative estimate of drug-likeness (QED) is 0.518. The Bertz CT molecular complexity index is 688. The first-order valence-corrected chi connectivity index (χ1v) is 6.48. The van der Waals surface area contributed by atoms with Crippen molar-refractivity contribution in [3.63, 3.8) is 0 Å². The molecule has 0 bridgehead atoms. The Hall–Kier alpha value is -1.99. The van der Waals surface area contributed by atoms with E-state index in [1.165, 1.54) is 24.7 Å². The lowest BCUT2D eigenvalue weighted by molar-refractivity contribution is 0.0601. The molecule has 2 N–H and O–H groups in total. The number of aliphatic imine (C=N–C) groups is 1. The largest absolute Gasteiger partial charge is 0.494 e. The molecule has 1 aromatic carbocycles. The van der Waals surface area contributed by atoms with E-state index < -0.39 is 5.97 Å². The van der Waals surface area contributed by atoms with E-state index in [0.717, 1.165) is 0 Å². The molecule has 0 radical (unpaired) electrons. The number of nitrogens with zero attached hydrogens (tertiary/aromatic N) is 1. The van der Waals surface area contributed by atoms with E-state index in [9.17, 15) is 9.90 Å². The molecule has 0 unspecified atom stereocenters. The molecule has 1 aromatic heterocycles. The number of hydrogen-bond donors (Lipinski definition) is 2. The fourth-order valence-electron chi connectivity index (χ4n) is 1.42. The smallest absolute Gasteiger partial charge is 0.340 e. The Morgan fingerprint density at radius 3 is 2.89 bits per heavy atom. The SMILES string of the molecule is COC(=O)c1ccccc1N=Cc1sc(=S)[nH]c1O. The number of nitrogens with one attached hydrogen (secondary N) is 1. The number of methoxy groups -OCH3 is 1. The summed E-state index contributed by atoms with van der Waals surface area (Å²) in [5, 5.41) is 9.54. The van der Waals surface area contributed by atoms with Crippen LogP contribution in [0.1, 0.15) is 15.2 Å². The van der Waals surface area contributed by atoms with Gasteiger partial charge in [0.1, 0.15) is 4.88 Å². The van der Waals surface area contributed by atoms with Crippen LogP contribution in [0.3, 0.4) is 0 Å². The zero-order valence-corrected chi connectivity index (χ0v) is 11.5. The van der Waals surface area contributed by atoms with Crippen LogP contribution in [-0.4, -0.2) is 29.4 Å². The number of para-hydroxylation sites is 1. The Morgan fingerprint density at radius 1 is 1.53 bits per heavy atom. The number of aromatic nitrogens is 1. The van der Waals surface area contributed by atoms with Crippen LogP contribution in [0, 0.1) is 3.95 Å². The molecule has 0 saturated carbocycles. The molecule has 0 aliphatic rings. The lowest BCUT2D eigenvalue weighted by Crippen LogP contribution is -2.01. The van der Waals surface area contributed by atoms with Gasteiger partial charge in [0.05, 0.1) is 24.6 Å². The Balaban J connectivity index is 2.36. The van der Waals surface area contributed by atoms with Crippen LogP contribution in [0.4, 0.5) is 5.69 Å². The number of hydrogen-bond acceptors (Lipinski definition) is 6. The van der Waals surface area contributed by atoms with Crippen LogP contribution in [0.25, 0.3) is 0 Å². The summed E-state index contributed by atoms with van der Waals surface area (Å²) in [5.41, 5.74) is 0.827. The van der Waals surface area contributed by atoms with Crippen molar-refractivity contribution in [3.8, 4) is 5.88 Å². The van der Waals surface area contributed by atoms with Gasteiger partial charge < -0.3 is 14.8 Å². The van der Waals surface area contributed by atoms with Crippen LogP contribution in [0.2, 0.25) is 0 Å². The van der Waals surface area contributed by atoms with Crippen molar-refractivity contribution in [2.45, 2.75) is 0 Å². The molecule has 2 rings (SSSR count). The third kappa shape index (κ3) is 3.07. The first kappa shape index (κ1) is 13.4. The first-order chi connectivity index (χ1) is 9.11. The monoisotopic (exact) mass is 294 g/mol. The highest BCUT2D eigenvalue weighted by molar-refractivity contribution is 7.73.